The first-order valence-corrected chi connectivity index (χ1v) is 9.59. The van der Waals surface area contributed by atoms with Crippen molar-refractivity contribution in [1.82, 2.24) is 0 Å². The molecule has 0 aromatic heterocycles. The van der Waals surface area contributed by atoms with E-state index in [-0.39, 0.29) is 17.9 Å². The molecular weight excluding hydrogens is 402 g/mol. The number of carbonyl (C=O) groups excluding carboxylic acids is 1. The summed E-state index contributed by atoms with van der Waals surface area (Å²) in [5, 5.41) is 2.83. The fourth-order valence-electron chi connectivity index (χ4n) is 2.89. The lowest BCUT2D eigenvalue weighted by Gasteiger charge is -2.26. The number of carbonyl (C=O) groups is 1. The van der Waals surface area contributed by atoms with Crippen molar-refractivity contribution >= 4 is 27.5 Å². The van der Waals surface area contributed by atoms with E-state index in [1.54, 1.807) is 0 Å². The van der Waals surface area contributed by atoms with E-state index in [4.69, 9.17) is 4.74 Å². The number of para-hydroxylation sites is 1. The maximum atomic E-state index is 12.1. The monoisotopic (exact) mass is 423 g/mol. The minimum Gasteiger partial charge on any atom is -0.484 e. The number of amides is 1. The van der Waals surface area contributed by atoms with Crippen molar-refractivity contribution in [2.75, 3.05) is 11.9 Å². The molecule has 3 aromatic carbocycles. The van der Waals surface area contributed by atoms with Gasteiger partial charge in [0.25, 0.3) is 5.91 Å². The van der Waals surface area contributed by atoms with Crippen molar-refractivity contribution in [3.05, 3.63) is 94.5 Å². The van der Waals surface area contributed by atoms with Crippen LogP contribution < -0.4 is 10.1 Å². The van der Waals surface area contributed by atoms with Gasteiger partial charge in [0, 0.05) is 9.89 Å². The van der Waals surface area contributed by atoms with Crippen LogP contribution >= 0.6 is 15.9 Å². The molecule has 0 aliphatic carbocycles. The molecular formula is C23H22BrNO2. The number of hydrogen-bond donors (Lipinski definition) is 1. The molecule has 0 saturated carbocycles. The highest BCUT2D eigenvalue weighted by molar-refractivity contribution is 9.10. The van der Waals surface area contributed by atoms with Gasteiger partial charge in [-0.05, 0) is 51.3 Å². The molecule has 138 valence electrons. The van der Waals surface area contributed by atoms with Crippen LogP contribution in [0.2, 0.25) is 0 Å². The molecule has 0 saturated heterocycles. The highest BCUT2D eigenvalue weighted by Crippen LogP contribution is 2.32. The van der Waals surface area contributed by atoms with E-state index in [1.165, 1.54) is 11.1 Å². The highest BCUT2D eigenvalue weighted by Gasteiger charge is 2.22. The standard InChI is InChI=1S/C23H22BrNO2/c1-23(2,17-8-4-3-5-9-17)18-12-14-19(15-13-18)27-16-22(26)25-21-11-7-6-10-20(21)24/h3-15H,16H2,1-2H3,(H,25,26). The molecule has 1 amide bonds. The van der Waals surface area contributed by atoms with E-state index >= 15 is 0 Å². The molecule has 1 N–H and O–H groups in total. The lowest BCUT2D eigenvalue weighted by Crippen LogP contribution is -2.21. The van der Waals surface area contributed by atoms with Crippen LogP contribution in [0, 0.1) is 0 Å². The Hall–Kier alpha value is -2.59. The maximum Gasteiger partial charge on any atom is 0.262 e. The van der Waals surface area contributed by atoms with E-state index in [0.717, 1.165) is 10.2 Å². The summed E-state index contributed by atoms with van der Waals surface area (Å²) in [7, 11) is 0. The molecule has 27 heavy (non-hydrogen) atoms. The highest BCUT2D eigenvalue weighted by atomic mass is 79.9. The maximum absolute atomic E-state index is 12.1. The van der Waals surface area contributed by atoms with E-state index in [2.05, 4.69) is 59.4 Å². The van der Waals surface area contributed by atoms with Crippen molar-refractivity contribution in [2.45, 2.75) is 19.3 Å². The van der Waals surface area contributed by atoms with Gasteiger partial charge in [-0.1, -0.05) is 68.4 Å². The Bertz CT molecular complexity index is 905. The molecule has 0 radical (unpaired) electrons. The van der Waals surface area contributed by atoms with Gasteiger partial charge in [0.1, 0.15) is 5.75 Å². The number of anilines is 1. The Labute approximate surface area is 168 Å². The second-order valence-electron chi connectivity index (χ2n) is 6.83. The molecule has 0 unspecified atom stereocenters. The minimum atomic E-state index is -0.199. The van der Waals surface area contributed by atoms with Crippen LogP contribution in [0.5, 0.6) is 5.75 Å². The van der Waals surface area contributed by atoms with Crippen LogP contribution in [-0.4, -0.2) is 12.5 Å². The Morgan fingerprint density at radius 1 is 0.889 bits per heavy atom. The van der Waals surface area contributed by atoms with Gasteiger partial charge in [-0.25, -0.2) is 0 Å². The number of rotatable bonds is 6. The molecule has 0 aliphatic rings. The summed E-state index contributed by atoms with van der Waals surface area (Å²) in [6.45, 7) is 4.36. The molecule has 0 spiro atoms. The minimum absolute atomic E-state index is 0.0389. The molecule has 3 nitrogen and oxygen atoms in total. The van der Waals surface area contributed by atoms with Crippen molar-refractivity contribution in [1.29, 1.82) is 0 Å². The Balaban J connectivity index is 1.61. The number of hydrogen-bond acceptors (Lipinski definition) is 2. The van der Waals surface area contributed by atoms with Gasteiger partial charge in [-0.15, -0.1) is 0 Å². The van der Waals surface area contributed by atoms with Crippen molar-refractivity contribution in [3.63, 3.8) is 0 Å². The molecule has 4 heteroatoms. The molecule has 3 aromatic rings. The molecule has 0 fully saturated rings. The summed E-state index contributed by atoms with van der Waals surface area (Å²) in [6.07, 6.45) is 0. The Morgan fingerprint density at radius 2 is 1.48 bits per heavy atom. The molecule has 0 aliphatic heterocycles. The zero-order valence-corrected chi connectivity index (χ0v) is 17.0. The molecule has 0 atom stereocenters. The van der Waals surface area contributed by atoms with E-state index < -0.39 is 0 Å². The fourth-order valence-corrected chi connectivity index (χ4v) is 3.27. The summed E-state index contributed by atoms with van der Waals surface area (Å²) in [4.78, 5) is 12.1. The third-order valence-corrected chi connectivity index (χ3v) is 5.28. The Morgan fingerprint density at radius 3 is 2.15 bits per heavy atom. The van der Waals surface area contributed by atoms with Crippen LogP contribution in [0.1, 0.15) is 25.0 Å². The largest absolute Gasteiger partial charge is 0.484 e. The summed E-state index contributed by atoms with van der Waals surface area (Å²) < 4.78 is 6.46. The van der Waals surface area contributed by atoms with E-state index in [0.29, 0.717) is 5.75 Å². The third-order valence-electron chi connectivity index (χ3n) is 4.59. The smallest absolute Gasteiger partial charge is 0.262 e. The topological polar surface area (TPSA) is 38.3 Å². The van der Waals surface area contributed by atoms with Crippen molar-refractivity contribution < 1.29 is 9.53 Å². The predicted octanol–water partition coefficient (Wildman–Crippen LogP) is 5.79. The van der Waals surface area contributed by atoms with E-state index in [9.17, 15) is 4.79 Å². The normalized spacial score (nSPS) is 11.1. The third kappa shape index (κ3) is 4.77. The lowest BCUT2D eigenvalue weighted by molar-refractivity contribution is -0.118. The van der Waals surface area contributed by atoms with Crippen molar-refractivity contribution in [2.24, 2.45) is 0 Å². The van der Waals surface area contributed by atoms with Gasteiger partial charge in [0.15, 0.2) is 6.61 Å². The molecule has 0 heterocycles. The van der Waals surface area contributed by atoms with Crippen LogP contribution in [0.25, 0.3) is 0 Å². The number of halogens is 1. The second kappa shape index (κ2) is 8.40. The summed E-state index contributed by atoms with van der Waals surface area (Å²) in [5.41, 5.74) is 3.08. The van der Waals surface area contributed by atoms with Gasteiger partial charge in [0.2, 0.25) is 0 Å². The SMILES string of the molecule is CC(C)(c1ccccc1)c1ccc(OCC(=O)Nc2ccccc2Br)cc1. The van der Waals surface area contributed by atoms with Crippen molar-refractivity contribution in [3.8, 4) is 5.75 Å². The summed E-state index contributed by atoms with van der Waals surface area (Å²) in [6, 6.07) is 25.8. The van der Waals surface area contributed by atoms with Gasteiger partial charge >= 0.3 is 0 Å². The van der Waals surface area contributed by atoms with E-state index in [1.807, 2.05) is 54.6 Å². The fraction of sp³-hybridized carbons (Fsp3) is 0.174. The first-order valence-electron chi connectivity index (χ1n) is 8.80. The van der Waals surface area contributed by atoms with Crippen LogP contribution in [0.4, 0.5) is 5.69 Å². The van der Waals surface area contributed by atoms with Gasteiger partial charge < -0.3 is 10.1 Å². The quantitative estimate of drug-likeness (QED) is 0.544. The number of nitrogens with one attached hydrogen (secondary N) is 1. The molecule has 3 rings (SSSR count). The summed E-state index contributed by atoms with van der Waals surface area (Å²) in [5.74, 6) is 0.473. The zero-order chi connectivity index (χ0) is 19.3. The zero-order valence-electron chi connectivity index (χ0n) is 15.4. The van der Waals surface area contributed by atoms with Crippen LogP contribution in [0.15, 0.2) is 83.3 Å². The lowest BCUT2D eigenvalue weighted by atomic mass is 9.78. The Kier molecular flexibility index (Phi) is 5.97. The summed E-state index contributed by atoms with van der Waals surface area (Å²) >= 11 is 3.41. The first kappa shape index (κ1) is 19.2. The van der Waals surface area contributed by atoms with Gasteiger partial charge in [0.05, 0.1) is 5.69 Å². The van der Waals surface area contributed by atoms with Gasteiger partial charge in [-0.3, -0.25) is 4.79 Å². The average molecular weight is 424 g/mol. The second-order valence-corrected chi connectivity index (χ2v) is 7.69. The average Bonchev–Trinajstić information content (AvgIpc) is 2.69. The first-order chi connectivity index (χ1) is 13.0. The molecule has 0 bridgehead atoms. The van der Waals surface area contributed by atoms with Crippen LogP contribution in [-0.2, 0) is 10.2 Å². The van der Waals surface area contributed by atoms with Gasteiger partial charge in [-0.2, -0.15) is 0 Å². The number of benzene rings is 3. The predicted molar refractivity (Wildman–Crippen MR) is 113 cm³/mol. The number of ether oxygens (including phenoxy) is 1. The van der Waals surface area contributed by atoms with Crippen LogP contribution in [0.3, 0.4) is 0 Å².